The van der Waals surface area contributed by atoms with E-state index in [0.717, 1.165) is 5.69 Å². The van der Waals surface area contributed by atoms with E-state index in [2.05, 4.69) is 20.9 Å². The maximum Gasteiger partial charge on any atom is 0.231 e. The SMILES string of the molecule is Fc1c(Br)ccc2ncn(-c3ccc4c(c3)OCO4)c12. The van der Waals surface area contributed by atoms with E-state index >= 15 is 0 Å². The van der Waals surface area contributed by atoms with Crippen LogP contribution in [0.2, 0.25) is 0 Å². The molecule has 1 aliphatic rings. The second-order valence-electron chi connectivity index (χ2n) is 4.38. The predicted octanol–water partition coefficient (Wildman–Crippen LogP) is 3.66. The van der Waals surface area contributed by atoms with Crippen molar-refractivity contribution in [1.82, 2.24) is 9.55 Å². The van der Waals surface area contributed by atoms with Crippen molar-refractivity contribution < 1.29 is 13.9 Å². The number of hydrogen-bond acceptors (Lipinski definition) is 3. The van der Waals surface area contributed by atoms with Crippen LogP contribution in [-0.2, 0) is 0 Å². The van der Waals surface area contributed by atoms with Gasteiger partial charge in [0.25, 0.3) is 0 Å². The van der Waals surface area contributed by atoms with Crippen molar-refractivity contribution in [3.05, 3.63) is 46.9 Å². The van der Waals surface area contributed by atoms with Crippen molar-refractivity contribution in [3.8, 4) is 17.2 Å². The Morgan fingerprint density at radius 1 is 1.15 bits per heavy atom. The molecule has 4 nitrogen and oxygen atoms in total. The zero-order valence-electron chi connectivity index (χ0n) is 10.1. The highest BCUT2D eigenvalue weighted by Crippen LogP contribution is 2.35. The molecule has 100 valence electrons. The van der Waals surface area contributed by atoms with Crippen LogP contribution in [0.4, 0.5) is 4.39 Å². The van der Waals surface area contributed by atoms with Crippen LogP contribution in [0, 0.1) is 5.82 Å². The van der Waals surface area contributed by atoms with Crippen molar-refractivity contribution in [1.29, 1.82) is 0 Å². The van der Waals surface area contributed by atoms with Gasteiger partial charge in [0.1, 0.15) is 11.8 Å². The molecule has 0 radical (unpaired) electrons. The quantitative estimate of drug-likeness (QED) is 0.681. The zero-order valence-corrected chi connectivity index (χ0v) is 11.7. The van der Waals surface area contributed by atoms with Crippen LogP contribution in [-0.4, -0.2) is 16.3 Å². The van der Waals surface area contributed by atoms with E-state index in [4.69, 9.17) is 9.47 Å². The average Bonchev–Trinajstić information content (AvgIpc) is 3.08. The van der Waals surface area contributed by atoms with Gasteiger partial charge >= 0.3 is 0 Å². The van der Waals surface area contributed by atoms with Crippen LogP contribution in [0.1, 0.15) is 0 Å². The first kappa shape index (κ1) is 11.7. The number of rotatable bonds is 1. The third-order valence-corrected chi connectivity index (χ3v) is 3.85. The van der Waals surface area contributed by atoms with Gasteiger partial charge in [-0.05, 0) is 40.2 Å². The molecular formula is C14H8BrFN2O2. The largest absolute Gasteiger partial charge is 0.454 e. The lowest BCUT2D eigenvalue weighted by molar-refractivity contribution is 0.174. The van der Waals surface area contributed by atoms with E-state index in [9.17, 15) is 4.39 Å². The monoisotopic (exact) mass is 334 g/mol. The fraction of sp³-hybridized carbons (Fsp3) is 0.0714. The highest BCUT2D eigenvalue weighted by Gasteiger charge is 2.17. The molecule has 0 saturated heterocycles. The first-order valence-electron chi connectivity index (χ1n) is 5.95. The van der Waals surface area contributed by atoms with Gasteiger partial charge < -0.3 is 9.47 Å². The van der Waals surface area contributed by atoms with E-state index in [1.54, 1.807) is 29.1 Å². The molecule has 0 saturated carbocycles. The summed E-state index contributed by atoms with van der Waals surface area (Å²) in [5.74, 6) is 1.01. The summed E-state index contributed by atoms with van der Waals surface area (Å²) < 4.78 is 27.0. The zero-order chi connectivity index (χ0) is 13.7. The second-order valence-corrected chi connectivity index (χ2v) is 5.24. The van der Waals surface area contributed by atoms with Gasteiger partial charge in [0, 0.05) is 6.07 Å². The number of nitrogens with zero attached hydrogens (tertiary/aromatic N) is 2. The van der Waals surface area contributed by atoms with Crippen molar-refractivity contribution >= 4 is 27.0 Å². The Balaban J connectivity index is 1.96. The minimum absolute atomic E-state index is 0.212. The molecule has 0 aliphatic carbocycles. The van der Waals surface area contributed by atoms with Crippen LogP contribution in [0.3, 0.4) is 0 Å². The van der Waals surface area contributed by atoms with Gasteiger partial charge in [-0.15, -0.1) is 0 Å². The van der Waals surface area contributed by atoms with Crippen molar-refractivity contribution in [3.63, 3.8) is 0 Å². The second kappa shape index (κ2) is 4.21. The van der Waals surface area contributed by atoms with Gasteiger partial charge in [-0.25, -0.2) is 9.37 Å². The lowest BCUT2D eigenvalue weighted by Gasteiger charge is -2.06. The first-order valence-corrected chi connectivity index (χ1v) is 6.74. The van der Waals surface area contributed by atoms with Gasteiger partial charge in [-0.3, -0.25) is 4.57 Å². The Morgan fingerprint density at radius 3 is 2.90 bits per heavy atom. The number of fused-ring (bicyclic) bond motifs is 2. The lowest BCUT2D eigenvalue weighted by Crippen LogP contribution is -1.95. The number of benzene rings is 2. The van der Waals surface area contributed by atoms with Crippen LogP contribution in [0.5, 0.6) is 11.5 Å². The molecule has 0 amide bonds. The minimum atomic E-state index is -0.335. The molecule has 0 fully saturated rings. The summed E-state index contributed by atoms with van der Waals surface area (Å²) in [7, 11) is 0. The number of hydrogen-bond donors (Lipinski definition) is 0. The third kappa shape index (κ3) is 1.61. The summed E-state index contributed by atoms with van der Waals surface area (Å²) in [5.41, 5.74) is 1.80. The maximum atomic E-state index is 14.3. The van der Waals surface area contributed by atoms with Gasteiger partial charge in [0.2, 0.25) is 6.79 Å². The van der Waals surface area contributed by atoms with Crippen LogP contribution in [0.25, 0.3) is 16.7 Å². The number of halogens is 2. The van der Waals surface area contributed by atoms with Crippen LogP contribution >= 0.6 is 15.9 Å². The van der Waals surface area contributed by atoms with E-state index in [-0.39, 0.29) is 12.6 Å². The fourth-order valence-electron chi connectivity index (χ4n) is 2.27. The molecule has 2 aromatic carbocycles. The molecule has 20 heavy (non-hydrogen) atoms. The van der Waals surface area contributed by atoms with E-state index in [1.807, 2.05) is 12.1 Å². The molecule has 0 N–H and O–H groups in total. The maximum absolute atomic E-state index is 14.3. The van der Waals surface area contributed by atoms with Crippen molar-refractivity contribution in [2.45, 2.75) is 0 Å². The summed E-state index contributed by atoms with van der Waals surface area (Å²) in [6, 6.07) is 8.87. The van der Waals surface area contributed by atoms with Crippen LogP contribution in [0.15, 0.2) is 41.1 Å². The molecule has 1 aromatic heterocycles. The normalized spacial score (nSPS) is 13.1. The Morgan fingerprint density at radius 2 is 2.00 bits per heavy atom. The van der Waals surface area contributed by atoms with Crippen molar-refractivity contribution in [2.24, 2.45) is 0 Å². The summed E-state index contributed by atoms with van der Waals surface area (Å²) in [5, 5.41) is 0. The summed E-state index contributed by atoms with van der Waals surface area (Å²) in [4.78, 5) is 4.22. The standard InChI is InChI=1S/C14H8BrFN2O2/c15-9-2-3-10-14(13(9)16)18(6-17-10)8-1-4-11-12(5-8)20-7-19-11/h1-6H,7H2. The average molecular weight is 335 g/mol. The van der Waals surface area contributed by atoms with Gasteiger partial charge in [0.15, 0.2) is 17.3 Å². The highest BCUT2D eigenvalue weighted by molar-refractivity contribution is 9.10. The molecular weight excluding hydrogens is 327 g/mol. The smallest absolute Gasteiger partial charge is 0.231 e. The molecule has 2 heterocycles. The fourth-order valence-corrected chi connectivity index (χ4v) is 2.59. The summed E-state index contributed by atoms with van der Waals surface area (Å²) in [6.07, 6.45) is 1.59. The molecule has 0 bridgehead atoms. The van der Waals surface area contributed by atoms with Crippen LogP contribution < -0.4 is 9.47 Å². The van der Waals surface area contributed by atoms with E-state index in [1.165, 1.54) is 0 Å². The minimum Gasteiger partial charge on any atom is -0.454 e. The van der Waals surface area contributed by atoms with Crippen molar-refractivity contribution in [2.75, 3.05) is 6.79 Å². The number of aromatic nitrogens is 2. The molecule has 1 aliphatic heterocycles. The third-order valence-electron chi connectivity index (χ3n) is 3.24. The van der Waals surface area contributed by atoms with Gasteiger partial charge in [-0.1, -0.05) is 0 Å². The Kier molecular flexibility index (Phi) is 2.47. The summed E-state index contributed by atoms with van der Waals surface area (Å²) in [6.45, 7) is 0.212. The lowest BCUT2D eigenvalue weighted by atomic mass is 10.2. The Bertz CT molecular complexity index is 831. The molecule has 0 unspecified atom stereocenters. The number of ether oxygens (including phenoxy) is 2. The summed E-state index contributed by atoms with van der Waals surface area (Å²) >= 11 is 3.20. The van der Waals surface area contributed by atoms with E-state index < -0.39 is 0 Å². The Labute approximate surface area is 121 Å². The molecule has 0 spiro atoms. The Hall–Kier alpha value is -2.08. The molecule has 4 rings (SSSR count). The highest BCUT2D eigenvalue weighted by atomic mass is 79.9. The first-order chi connectivity index (χ1) is 9.74. The van der Waals surface area contributed by atoms with Gasteiger partial charge in [-0.2, -0.15) is 0 Å². The van der Waals surface area contributed by atoms with Gasteiger partial charge in [0.05, 0.1) is 15.7 Å². The number of imidazole rings is 1. The molecule has 0 atom stereocenters. The predicted molar refractivity (Wildman–Crippen MR) is 74.9 cm³/mol. The molecule has 3 aromatic rings. The topological polar surface area (TPSA) is 36.3 Å². The molecule has 6 heteroatoms. The van der Waals surface area contributed by atoms with E-state index in [0.29, 0.717) is 27.0 Å².